The van der Waals surface area contributed by atoms with Crippen LogP contribution in [0.15, 0.2) is 84.2 Å². The normalized spacial score (nSPS) is 11.0. The molecule has 0 aliphatic carbocycles. The predicted octanol–water partition coefficient (Wildman–Crippen LogP) is 5.24. The maximum Gasteiger partial charge on any atom is 0.272 e. The standard InChI is InChI=1S/C26H24N4O2/c1-2-3-15-32-21-8-6-7-20(16-21)25-17-23(22-9-4-5-10-24(22)29-25)26(31)30-28-18-19-11-13-27-14-12-19/h4-14,16-18H,2-3,15H2,1H3,(H,30,31). The number of nitrogens with zero attached hydrogens (tertiary/aromatic N) is 3. The molecule has 6 nitrogen and oxygen atoms in total. The van der Waals surface area contributed by atoms with Gasteiger partial charge in [0.1, 0.15) is 5.75 Å². The molecule has 32 heavy (non-hydrogen) atoms. The van der Waals surface area contributed by atoms with Crippen molar-refractivity contribution in [1.29, 1.82) is 0 Å². The van der Waals surface area contributed by atoms with E-state index in [1.54, 1.807) is 24.7 Å². The number of hydrogen-bond acceptors (Lipinski definition) is 5. The second-order valence-corrected chi connectivity index (χ2v) is 7.28. The Morgan fingerprint density at radius 2 is 1.91 bits per heavy atom. The van der Waals surface area contributed by atoms with Crippen molar-refractivity contribution in [2.45, 2.75) is 19.8 Å². The summed E-state index contributed by atoms with van der Waals surface area (Å²) in [4.78, 5) is 21.7. The van der Waals surface area contributed by atoms with Gasteiger partial charge in [-0.05, 0) is 48.4 Å². The van der Waals surface area contributed by atoms with Crippen molar-refractivity contribution in [2.75, 3.05) is 6.61 Å². The van der Waals surface area contributed by atoms with Crippen molar-refractivity contribution in [2.24, 2.45) is 5.10 Å². The van der Waals surface area contributed by atoms with Crippen LogP contribution in [0, 0.1) is 0 Å². The van der Waals surface area contributed by atoms with Crippen LogP contribution in [-0.2, 0) is 0 Å². The van der Waals surface area contributed by atoms with Gasteiger partial charge in [-0.1, -0.05) is 43.7 Å². The molecule has 1 N–H and O–H groups in total. The molecule has 0 spiro atoms. The number of aromatic nitrogens is 2. The van der Waals surface area contributed by atoms with E-state index >= 15 is 0 Å². The molecule has 0 aliphatic rings. The molecule has 0 saturated carbocycles. The first-order valence-electron chi connectivity index (χ1n) is 10.6. The molecule has 0 saturated heterocycles. The first-order valence-corrected chi connectivity index (χ1v) is 10.6. The van der Waals surface area contributed by atoms with Crippen LogP contribution in [-0.4, -0.2) is 28.7 Å². The summed E-state index contributed by atoms with van der Waals surface area (Å²) >= 11 is 0. The minimum atomic E-state index is -0.300. The molecule has 0 atom stereocenters. The number of ether oxygens (including phenoxy) is 1. The molecular weight excluding hydrogens is 400 g/mol. The van der Waals surface area contributed by atoms with Crippen molar-refractivity contribution < 1.29 is 9.53 Å². The Bertz CT molecular complexity index is 1240. The predicted molar refractivity (Wildman–Crippen MR) is 127 cm³/mol. The van der Waals surface area contributed by atoms with Crippen LogP contribution in [0.3, 0.4) is 0 Å². The lowest BCUT2D eigenvalue weighted by atomic mass is 10.0. The Kier molecular flexibility index (Phi) is 6.82. The molecule has 160 valence electrons. The number of para-hydroxylation sites is 1. The molecule has 4 aromatic rings. The van der Waals surface area contributed by atoms with Crippen LogP contribution in [0.4, 0.5) is 0 Å². The number of fused-ring (bicyclic) bond motifs is 1. The fourth-order valence-corrected chi connectivity index (χ4v) is 3.27. The molecule has 2 aromatic heterocycles. The second-order valence-electron chi connectivity index (χ2n) is 7.28. The number of carbonyl (C=O) groups is 1. The molecule has 0 unspecified atom stereocenters. The Hall–Kier alpha value is -4.06. The fraction of sp³-hybridized carbons (Fsp3) is 0.154. The largest absolute Gasteiger partial charge is 0.494 e. The Morgan fingerprint density at radius 1 is 1.06 bits per heavy atom. The zero-order valence-corrected chi connectivity index (χ0v) is 17.9. The lowest BCUT2D eigenvalue weighted by Crippen LogP contribution is -2.18. The molecule has 0 radical (unpaired) electrons. The minimum absolute atomic E-state index is 0.300. The van der Waals surface area contributed by atoms with Gasteiger partial charge in [0.25, 0.3) is 5.91 Å². The average Bonchev–Trinajstić information content (AvgIpc) is 2.84. The van der Waals surface area contributed by atoms with Gasteiger partial charge in [-0.2, -0.15) is 5.10 Å². The number of amides is 1. The van der Waals surface area contributed by atoms with Crippen molar-refractivity contribution in [3.8, 4) is 17.0 Å². The third-order valence-electron chi connectivity index (χ3n) is 4.94. The number of pyridine rings is 2. The zero-order valence-electron chi connectivity index (χ0n) is 17.9. The maximum atomic E-state index is 13.0. The van der Waals surface area contributed by atoms with Gasteiger partial charge in [-0.25, -0.2) is 10.4 Å². The summed E-state index contributed by atoms with van der Waals surface area (Å²) in [5.74, 6) is 0.490. The van der Waals surface area contributed by atoms with Crippen LogP contribution in [0.2, 0.25) is 0 Å². The average molecular weight is 425 g/mol. The zero-order chi connectivity index (χ0) is 22.2. The second kappa shape index (κ2) is 10.3. The third kappa shape index (κ3) is 5.16. The van der Waals surface area contributed by atoms with Gasteiger partial charge >= 0.3 is 0 Å². The van der Waals surface area contributed by atoms with E-state index in [1.165, 1.54) is 0 Å². The summed E-state index contributed by atoms with van der Waals surface area (Å²) in [6, 6.07) is 20.8. The van der Waals surface area contributed by atoms with Crippen molar-refractivity contribution in [3.63, 3.8) is 0 Å². The molecular formula is C26H24N4O2. The highest BCUT2D eigenvalue weighted by molar-refractivity contribution is 6.07. The Balaban J connectivity index is 1.64. The molecule has 0 bridgehead atoms. The van der Waals surface area contributed by atoms with E-state index in [-0.39, 0.29) is 5.91 Å². The summed E-state index contributed by atoms with van der Waals surface area (Å²) < 4.78 is 5.84. The van der Waals surface area contributed by atoms with Gasteiger partial charge in [0.15, 0.2) is 0 Å². The van der Waals surface area contributed by atoms with Crippen LogP contribution in [0.5, 0.6) is 5.75 Å². The van der Waals surface area contributed by atoms with E-state index in [9.17, 15) is 4.79 Å². The topological polar surface area (TPSA) is 76.5 Å². The van der Waals surface area contributed by atoms with E-state index in [1.807, 2.05) is 60.7 Å². The number of hydrazone groups is 1. The van der Waals surface area contributed by atoms with Gasteiger partial charge in [-0.3, -0.25) is 9.78 Å². The molecule has 2 aromatic carbocycles. The molecule has 2 heterocycles. The number of hydrogen-bond donors (Lipinski definition) is 1. The number of rotatable bonds is 8. The van der Waals surface area contributed by atoms with Crippen LogP contribution >= 0.6 is 0 Å². The quantitative estimate of drug-likeness (QED) is 0.238. The summed E-state index contributed by atoms with van der Waals surface area (Å²) in [5.41, 5.74) is 6.31. The SMILES string of the molecule is CCCCOc1cccc(-c2cc(C(=O)NN=Cc3ccncc3)c3ccccc3n2)c1. The molecule has 1 amide bonds. The third-order valence-corrected chi connectivity index (χ3v) is 4.94. The highest BCUT2D eigenvalue weighted by Gasteiger charge is 2.14. The smallest absolute Gasteiger partial charge is 0.272 e. The van der Waals surface area contributed by atoms with Crippen LogP contribution in [0.1, 0.15) is 35.7 Å². The van der Waals surface area contributed by atoms with Gasteiger partial charge in [-0.15, -0.1) is 0 Å². The van der Waals surface area contributed by atoms with Crippen molar-refractivity contribution in [1.82, 2.24) is 15.4 Å². The summed E-state index contributed by atoms with van der Waals surface area (Å²) in [6.45, 7) is 2.81. The lowest BCUT2D eigenvalue weighted by Gasteiger charge is -2.11. The van der Waals surface area contributed by atoms with E-state index in [4.69, 9.17) is 9.72 Å². The van der Waals surface area contributed by atoms with E-state index in [2.05, 4.69) is 22.4 Å². The Labute approximate surface area is 187 Å². The van der Waals surface area contributed by atoms with Crippen LogP contribution in [0.25, 0.3) is 22.2 Å². The number of carbonyl (C=O) groups excluding carboxylic acids is 1. The molecule has 0 aliphatic heterocycles. The summed E-state index contributed by atoms with van der Waals surface area (Å²) in [7, 11) is 0. The van der Waals surface area contributed by atoms with E-state index < -0.39 is 0 Å². The molecule has 6 heteroatoms. The lowest BCUT2D eigenvalue weighted by molar-refractivity contribution is 0.0956. The van der Waals surface area contributed by atoms with Gasteiger partial charge in [0.05, 0.1) is 29.6 Å². The molecule has 4 rings (SSSR count). The van der Waals surface area contributed by atoms with Crippen LogP contribution < -0.4 is 10.2 Å². The first kappa shape index (κ1) is 21.2. The highest BCUT2D eigenvalue weighted by atomic mass is 16.5. The number of nitrogens with one attached hydrogen (secondary N) is 1. The van der Waals surface area contributed by atoms with Crippen molar-refractivity contribution in [3.05, 3.63) is 90.3 Å². The van der Waals surface area contributed by atoms with E-state index in [0.29, 0.717) is 17.9 Å². The monoisotopic (exact) mass is 424 g/mol. The number of benzene rings is 2. The first-order chi connectivity index (χ1) is 15.7. The number of unbranched alkanes of at least 4 members (excludes halogenated alkanes) is 1. The molecule has 0 fully saturated rings. The van der Waals surface area contributed by atoms with Gasteiger partial charge < -0.3 is 4.74 Å². The summed E-state index contributed by atoms with van der Waals surface area (Å²) in [6.07, 6.45) is 7.01. The van der Waals surface area contributed by atoms with Crippen molar-refractivity contribution >= 4 is 23.0 Å². The highest BCUT2D eigenvalue weighted by Crippen LogP contribution is 2.27. The fourth-order valence-electron chi connectivity index (χ4n) is 3.27. The van der Waals surface area contributed by atoms with Gasteiger partial charge in [0, 0.05) is 23.3 Å². The maximum absolute atomic E-state index is 13.0. The van der Waals surface area contributed by atoms with Gasteiger partial charge in [0.2, 0.25) is 0 Å². The minimum Gasteiger partial charge on any atom is -0.494 e. The van der Waals surface area contributed by atoms with E-state index in [0.717, 1.165) is 40.6 Å². The Morgan fingerprint density at radius 3 is 2.75 bits per heavy atom. The summed E-state index contributed by atoms with van der Waals surface area (Å²) in [5, 5.41) is 4.86.